The first-order valence-electron chi connectivity index (χ1n) is 3.84. The first-order chi connectivity index (χ1) is 6.95. The van der Waals surface area contributed by atoms with Crippen LogP contribution in [0.4, 0.5) is 8.78 Å². The van der Waals surface area contributed by atoms with E-state index in [1.54, 1.807) is 0 Å². The predicted octanol–water partition coefficient (Wildman–Crippen LogP) is 1.22. The zero-order valence-corrected chi connectivity index (χ0v) is 7.28. The Balaban J connectivity index is 3.35. The summed E-state index contributed by atoms with van der Waals surface area (Å²) in [5, 5.41) is 17.1. The smallest absolute Gasteiger partial charge is 0.322 e. The molecule has 0 saturated heterocycles. The molecule has 80 valence electrons. The van der Waals surface area contributed by atoms with E-state index in [9.17, 15) is 18.4 Å². The summed E-state index contributed by atoms with van der Waals surface area (Å²) >= 11 is 0. The minimum atomic E-state index is -2.23. The quantitative estimate of drug-likeness (QED) is 0.745. The van der Waals surface area contributed by atoms with Crippen LogP contribution >= 0.6 is 0 Å². The number of carboxylic acids is 2. The van der Waals surface area contributed by atoms with E-state index in [4.69, 9.17) is 10.2 Å². The van der Waals surface area contributed by atoms with Gasteiger partial charge in [-0.25, -0.2) is 8.78 Å². The second-order valence-electron chi connectivity index (χ2n) is 2.74. The first-order valence-corrected chi connectivity index (χ1v) is 3.84. The largest absolute Gasteiger partial charge is 0.480 e. The molecule has 0 atom stereocenters. The van der Waals surface area contributed by atoms with Gasteiger partial charge in [0.05, 0.1) is 0 Å². The van der Waals surface area contributed by atoms with E-state index in [1.807, 2.05) is 0 Å². The van der Waals surface area contributed by atoms with Gasteiger partial charge in [-0.1, -0.05) is 6.07 Å². The molecule has 0 aliphatic carbocycles. The van der Waals surface area contributed by atoms with E-state index in [2.05, 4.69) is 0 Å². The van der Waals surface area contributed by atoms with Crippen LogP contribution in [0.1, 0.15) is 11.5 Å². The fraction of sp³-hybridized carbons (Fsp3) is 0.111. The third-order valence-electron chi connectivity index (χ3n) is 1.78. The molecule has 0 saturated carbocycles. The molecular formula is C9H6F2O4. The van der Waals surface area contributed by atoms with Crippen molar-refractivity contribution in [3.8, 4) is 0 Å². The zero-order valence-electron chi connectivity index (χ0n) is 7.28. The van der Waals surface area contributed by atoms with Gasteiger partial charge < -0.3 is 10.2 Å². The maximum absolute atomic E-state index is 13.1. The van der Waals surface area contributed by atoms with E-state index in [-0.39, 0.29) is 0 Å². The summed E-state index contributed by atoms with van der Waals surface area (Å²) in [7, 11) is 0. The van der Waals surface area contributed by atoms with Crippen LogP contribution in [-0.2, 0) is 9.59 Å². The average molecular weight is 216 g/mol. The van der Waals surface area contributed by atoms with E-state index in [0.717, 1.165) is 18.2 Å². The third kappa shape index (κ3) is 2.09. The summed E-state index contributed by atoms with van der Waals surface area (Å²) in [5.41, 5.74) is -0.961. The lowest BCUT2D eigenvalue weighted by molar-refractivity contribution is -0.150. The van der Waals surface area contributed by atoms with Gasteiger partial charge in [-0.05, 0) is 12.1 Å². The maximum Gasteiger partial charge on any atom is 0.322 e. The highest BCUT2D eigenvalue weighted by Gasteiger charge is 2.33. The number of benzene rings is 1. The van der Waals surface area contributed by atoms with Gasteiger partial charge in [-0.3, -0.25) is 9.59 Å². The molecule has 6 heteroatoms. The molecule has 0 unspecified atom stereocenters. The Morgan fingerprint density at radius 2 is 1.47 bits per heavy atom. The topological polar surface area (TPSA) is 74.6 Å². The summed E-state index contributed by atoms with van der Waals surface area (Å²) < 4.78 is 26.1. The molecule has 1 aromatic carbocycles. The molecule has 0 aromatic heterocycles. The molecule has 1 rings (SSSR count). The molecule has 0 radical (unpaired) electrons. The van der Waals surface area contributed by atoms with Gasteiger partial charge in [0.1, 0.15) is 11.6 Å². The van der Waals surface area contributed by atoms with Crippen molar-refractivity contribution in [3.63, 3.8) is 0 Å². The van der Waals surface area contributed by atoms with Crippen LogP contribution in [0, 0.1) is 11.6 Å². The van der Waals surface area contributed by atoms with Crippen molar-refractivity contribution in [3.05, 3.63) is 35.4 Å². The number of hydrogen-bond donors (Lipinski definition) is 2. The van der Waals surface area contributed by atoms with Crippen LogP contribution in [0.3, 0.4) is 0 Å². The standard InChI is InChI=1S/C9H6F2O4/c10-4-2-1-3-5(11)6(4)7(8(12)13)9(14)15/h1-3,7H,(H,12,13)(H,14,15). The zero-order chi connectivity index (χ0) is 11.6. The normalized spacial score (nSPS) is 10.3. The van der Waals surface area contributed by atoms with E-state index >= 15 is 0 Å². The van der Waals surface area contributed by atoms with Crippen molar-refractivity contribution in [2.24, 2.45) is 0 Å². The number of carboxylic acid groups (broad SMARTS) is 2. The van der Waals surface area contributed by atoms with Gasteiger partial charge in [0.15, 0.2) is 5.92 Å². The number of halogens is 2. The molecular weight excluding hydrogens is 210 g/mol. The van der Waals surface area contributed by atoms with Crippen molar-refractivity contribution < 1.29 is 28.6 Å². The molecule has 1 aromatic rings. The second kappa shape index (κ2) is 4.04. The minimum Gasteiger partial charge on any atom is -0.480 e. The van der Waals surface area contributed by atoms with Gasteiger partial charge in [-0.2, -0.15) is 0 Å². The van der Waals surface area contributed by atoms with Gasteiger partial charge >= 0.3 is 11.9 Å². The van der Waals surface area contributed by atoms with Gasteiger partial charge in [0.25, 0.3) is 0 Å². The van der Waals surface area contributed by atoms with Crippen molar-refractivity contribution in [1.82, 2.24) is 0 Å². The first kappa shape index (κ1) is 11.1. The van der Waals surface area contributed by atoms with Gasteiger partial charge in [0, 0.05) is 5.56 Å². The highest BCUT2D eigenvalue weighted by atomic mass is 19.1. The lowest BCUT2D eigenvalue weighted by Crippen LogP contribution is -2.23. The highest BCUT2D eigenvalue weighted by Crippen LogP contribution is 2.23. The molecule has 2 N–H and O–H groups in total. The van der Waals surface area contributed by atoms with E-state index in [0.29, 0.717) is 0 Å². The molecule has 0 fully saturated rings. The summed E-state index contributed by atoms with van der Waals surface area (Å²) in [4.78, 5) is 21.1. The number of rotatable bonds is 3. The van der Waals surface area contributed by atoms with Crippen LogP contribution in [0.5, 0.6) is 0 Å². The van der Waals surface area contributed by atoms with E-state index in [1.165, 1.54) is 0 Å². The molecule has 15 heavy (non-hydrogen) atoms. The van der Waals surface area contributed by atoms with Crippen molar-refractivity contribution in [2.45, 2.75) is 5.92 Å². The van der Waals surface area contributed by atoms with Crippen LogP contribution in [-0.4, -0.2) is 22.2 Å². The van der Waals surface area contributed by atoms with E-state index < -0.39 is 35.1 Å². The molecule has 0 bridgehead atoms. The number of aliphatic carboxylic acids is 2. The minimum absolute atomic E-state index is 0.803. The Hall–Kier alpha value is -1.98. The second-order valence-corrected chi connectivity index (χ2v) is 2.74. The Morgan fingerprint density at radius 3 is 1.80 bits per heavy atom. The lowest BCUT2D eigenvalue weighted by atomic mass is 9.98. The Morgan fingerprint density at radius 1 is 1.07 bits per heavy atom. The molecule has 4 nitrogen and oxygen atoms in total. The van der Waals surface area contributed by atoms with Crippen molar-refractivity contribution in [1.29, 1.82) is 0 Å². The molecule has 0 aliphatic rings. The van der Waals surface area contributed by atoms with Crippen molar-refractivity contribution >= 4 is 11.9 Å². The van der Waals surface area contributed by atoms with Crippen LogP contribution in [0.15, 0.2) is 18.2 Å². The molecule has 0 amide bonds. The molecule has 0 spiro atoms. The van der Waals surface area contributed by atoms with Crippen LogP contribution < -0.4 is 0 Å². The van der Waals surface area contributed by atoms with Crippen LogP contribution in [0.25, 0.3) is 0 Å². The number of carbonyl (C=O) groups is 2. The lowest BCUT2D eigenvalue weighted by Gasteiger charge is -2.09. The van der Waals surface area contributed by atoms with Gasteiger partial charge in [0.2, 0.25) is 0 Å². The van der Waals surface area contributed by atoms with Gasteiger partial charge in [-0.15, -0.1) is 0 Å². The summed E-state index contributed by atoms with van der Waals surface area (Å²) in [5.74, 6) is -8.24. The van der Waals surface area contributed by atoms with Crippen LogP contribution in [0.2, 0.25) is 0 Å². The molecule has 0 heterocycles. The SMILES string of the molecule is O=C(O)C(C(=O)O)c1c(F)cccc1F. The maximum atomic E-state index is 13.1. The highest BCUT2D eigenvalue weighted by molar-refractivity contribution is 5.99. The average Bonchev–Trinajstić information content (AvgIpc) is 2.09. The predicted molar refractivity (Wildman–Crippen MR) is 44.4 cm³/mol. The Labute approximate surface area is 82.8 Å². The third-order valence-corrected chi connectivity index (χ3v) is 1.78. The fourth-order valence-corrected chi connectivity index (χ4v) is 1.14. The molecule has 0 aliphatic heterocycles. The summed E-state index contributed by atoms with van der Waals surface area (Å²) in [6, 6.07) is 2.63. The Bertz CT molecular complexity index is 382. The van der Waals surface area contributed by atoms with Crippen molar-refractivity contribution in [2.75, 3.05) is 0 Å². The Kier molecular flexibility index (Phi) is 2.99. The fourth-order valence-electron chi connectivity index (χ4n) is 1.14. The summed E-state index contributed by atoms with van der Waals surface area (Å²) in [6.45, 7) is 0. The summed E-state index contributed by atoms with van der Waals surface area (Å²) in [6.07, 6.45) is 0. The monoisotopic (exact) mass is 216 g/mol. The number of hydrogen-bond acceptors (Lipinski definition) is 2.